The molecule has 0 N–H and O–H groups in total. The lowest BCUT2D eigenvalue weighted by atomic mass is 10.1. The topological polar surface area (TPSA) is 72.6 Å². The van der Waals surface area contributed by atoms with Crippen molar-refractivity contribution in [2.24, 2.45) is 0 Å². The van der Waals surface area contributed by atoms with Crippen LogP contribution in [0.5, 0.6) is 5.75 Å². The highest BCUT2D eigenvalue weighted by Gasteiger charge is 2.26. The fourth-order valence-corrected chi connectivity index (χ4v) is 4.64. The Balaban J connectivity index is 1.63. The molecule has 0 spiro atoms. The van der Waals surface area contributed by atoms with Gasteiger partial charge in [0.15, 0.2) is 5.76 Å². The van der Waals surface area contributed by atoms with Crippen LogP contribution >= 0.6 is 0 Å². The highest BCUT2D eigenvalue weighted by Crippen LogP contribution is 2.26. The molecule has 0 fully saturated rings. The number of nitrogens with zero attached hydrogens (tertiary/aromatic N) is 2. The summed E-state index contributed by atoms with van der Waals surface area (Å²) >= 11 is 0. The standard InChI is InChI=1S/C24H21FN2O4S/c1-30-22-13-9-19(10-14-22)24-15-21(26-31-24)17-27(16-18-7-11-20(25)12-8-18)32(28,29)23-5-3-2-4-6-23/h2-15H,16-17H2,1H3. The summed E-state index contributed by atoms with van der Waals surface area (Å²) in [6.45, 7) is 0.0521. The SMILES string of the molecule is COc1ccc(-c2cc(CN(Cc3ccc(F)cc3)S(=O)(=O)c3ccccc3)no2)cc1. The van der Waals surface area contributed by atoms with Crippen molar-refractivity contribution in [3.63, 3.8) is 0 Å². The molecule has 0 atom stereocenters. The molecule has 0 aliphatic rings. The Morgan fingerprint density at radius 3 is 2.28 bits per heavy atom. The van der Waals surface area contributed by atoms with E-state index in [1.54, 1.807) is 67.8 Å². The Bertz CT molecular complexity index is 1270. The molecular weight excluding hydrogens is 431 g/mol. The maximum Gasteiger partial charge on any atom is 0.243 e. The zero-order valence-corrected chi connectivity index (χ0v) is 18.1. The van der Waals surface area contributed by atoms with Gasteiger partial charge in [0.05, 0.1) is 24.2 Å². The molecule has 1 aromatic heterocycles. The lowest BCUT2D eigenvalue weighted by Crippen LogP contribution is -2.30. The van der Waals surface area contributed by atoms with Crippen molar-refractivity contribution in [3.8, 4) is 17.1 Å². The molecule has 4 rings (SSSR count). The van der Waals surface area contributed by atoms with Crippen LogP contribution in [0.3, 0.4) is 0 Å². The normalized spacial score (nSPS) is 11.6. The molecule has 0 amide bonds. The molecule has 0 saturated carbocycles. The quantitative estimate of drug-likeness (QED) is 0.381. The Morgan fingerprint density at radius 1 is 0.938 bits per heavy atom. The number of methoxy groups -OCH3 is 1. The van der Waals surface area contributed by atoms with Crippen LogP contribution in [0.25, 0.3) is 11.3 Å². The largest absolute Gasteiger partial charge is 0.497 e. The van der Waals surface area contributed by atoms with Gasteiger partial charge in [0.25, 0.3) is 0 Å². The van der Waals surface area contributed by atoms with Crippen molar-refractivity contribution in [1.82, 2.24) is 9.46 Å². The minimum atomic E-state index is -3.83. The molecule has 0 aliphatic carbocycles. The zero-order chi connectivity index (χ0) is 22.6. The lowest BCUT2D eigenvalue weighted by molar-refractivity contribution is 0.371. The predicted octanol–water partition coefficient (Wildman–Crippen LogP) is 4.88. The van der Waals surface area contributed by atoms with Crippen LogP contribution in [0.15, 0.2) is 94.3 Å². The van der Waals surface area contributed by atoms with E-state index >= 15 is 0 Å². The number of aromatic nitrogens is 1. The van der Waals surface area contributed by atoms with E-state index in [0.717, 1.165) is 5.56 Å². The van der Waals surface area contributed by atoms with Crippen LogP contribution in [0.1, 0.15) is 11.3 Å². The number of benzene rings is 3. The molecular formula is C24H21FN2O4S. The number of rotatable bonds is 8. The second-order valence-corrected chi connectivity index (χ2v) is 9.06. The number of ether oxygens (including phenoxy) is 1. The Labute approximate surface area is 185 Å². The minimum absolute atomic E-state index is 0.00570. The molecule has 8 heteroatoms. The van der Waals surface area contributed by atoms with Gasteiger partial charge in [-0.25, -0.2) is 12.8 Å². The molecule has 32 heavy (non-hydrogen) atoms. The molecule has 0 bridgehead atoms. The number of sulfonamides is 1. The third-order valence-corrected chi connectivity index (χ3v) is 6.73. The molecule has 164 valence electrons. The van der Waals surface area contributed by atoms with E-state index in [-0.39, 0.29) is 23.8 Å². The fraction of sp³-hybridized carbons (Fsp3) is 0.125. The van der Waals surface area contributed by atoms with E-state index in [1.807, 2.05) is 12.1 Å². The van der Waals surface area contributed by atoms with Crippen molar-refractivity contribution in [1.29, 1.82) is 0 Å². The van der Waals surface area contributed by atoms with Crippen LogP contribution in [-0.4, -0.2) is 25.0 Å². The van der Waals surface area contributed by atoms with Crippen molar-refractivity contribution >= 4 is 10.0 Å². The summed E-state index contributed by atoms with van der Waals surface area (Å²) in [6.07, 6.45) is 0. The zero-order valence-electron chi connectivity index (χ0n) is 17.3. The molecule has 0 aliphatic heterocycles. The van der Waals surface area contributed by atoms with Crippen LogP contribution in [0.4, 0.5) is 4.39 Å². The third kappa shape index (κ3) is 4.87. The van der Waals surface area contributed by atoms with Crippen molar-refractivity contribution in [3.05, 3.63) is 102 Å². The van der Waals surface area contributed by atoms with Gasteiger partial charge in [-0.15, -0.1) is 0 Å². The van der Waals surface area contributed by atoms with E-state index in [1.165, 1.54) is 16.4 Å². The summed E-state index contributed by atoms with van der Waals surface area (Å²) in [5.41, 5.74) is 1.91. The van der Waals surface area contributed by atoms with Gasteiger partial charge in [-0.2, -0.15) is 4.31 Å². The first-order valence-corrected chi connectivity index (χ1v) is 11.3. The average molecular weight is 453 g/mol. The van der Waals surface area contributed by atoms with Gasteiger partial charge < -0.3 is 9.26 Å². The van der Waals surface area contributed by atoms with Crippen molar-refractivity contribution in [2.45, 2.75) is 18.0 Å². The van der Waals surface area contributed by atoms with Crippen LogP contribution in [-0.2, 0) is 23.1 Å². The van der Waals surface area contributed by atoms with Gasteiger partial charge in [0.2, 0.25) is 10.0 Å². The number of hydrogen-bond donors (Lipinski definition) is 0. The van der Waals surface area contributed by atoms with Gasteiger partial charge in [0.1, 0.15) is 11.6 Å². The first-order chi connectivity index (χ1) is 15.5. The average Bonchev–Trinajstić information content (AvgIpc) is 3.29. The monoisotopic (exact) mass is 452 g/mol. The molecule has 0 saturated heterocycles. The number of hydrogen-bond acceptors (Lipinski definition) is 5. The van der Waals surface area contributed by atoms with Crippen LogP contribution in [0.2, 0.25) is 0 Å². The van der Waals surface area contributed by atoms with Crippen LogP contribution in [0, 0.1) is 5.82 Å². The molecule has 3 aromatic carbocycles. The first kappa shape index (κ1) is 21.7. The second kappa shape index (κ2) is 9.33. The minimum Gasteiger partial charge on any atom is -0.497 e. The summed E-state index contributed by atoms with van der Waals surface area (Å²) in [5, 5.41) is 4.07. The Morgan fingerprint density at radius 2 is 1.62 bits per heavy atom. The van der Waals surface area contributed by atoms with Crippen LogP contribution < -0.4 is 4.74 Å². The van der Waals surface area contributed by atoms with Crippen molar-refractivity contribution < 1.29 is 22.1 Å². The van der Waals surface area contributed by atoms with E-state index < -0.39 is 10.0 Å². The number of halogens is 1. The third-order valence-electron chi connectivity index (χ3n) is 4.93. The van der Waals surface area contributed by atoms with Gasteiger partial charge >= 0.3 is 0 Å². The smallest absolute Gasteiger partial charge is 0.243 e. The van der Waals surface area contributed by atoms with E-state index in [2.05, 4.69) is 5.16 Å². The highest BCUT2D eigenvalue weighted by atomic mass is 32.2. The Kier molecular flexibility index (Phi) is 6.34. The van der Waals surface area contributed by atoms with Gasteiger partial charge in [-0.05, 0) is 54.1 Å². The van der Waals surface area contributed by atoms with Gasteiger partial charge in [0, 0.05) is 18.2 Å². The molecule has 0 radical (unpaired) electrons. The summed E-state index contributed by atoms with van der Waals surface area (Å²) in [4.78, 5) is 0.168. The molecule has 4 aromatic rings. The maximum atomic E-state index is 13.3. The molecule has 6 nitrogen and oxygen atoms in total. The molecule has 0 unspecified atom stereocenters. The van der Waals surface area contributed by atoms with Crippen molar-refractivity contribution in [2.75, 3.05) is 7.11 Å². The summed E-state index contributed by atoms with van der Waals surface area (Å²) < 4.78 is 51.9. The van der Waals surface area contributed by atoms with Gasteiger partial charge in [-0.1, -0.05) is 35.5 Å². The molecule has 1 heterocycles. The fourth-order valence-electron chi connectivity index (χ4n) is 3.22. The van der Waals surface area contributed by atoms with E-state index in [9.17, 15) is 12.8 Å². The van der Waals surface area contributed by atoms with E-state index in [0.29, 0.717) is 22.8 Å². The lowest BCUT2D eigenvalue weighted by Gasteiger charge is -2.21. The van der Waals surface area contributed by atoms with E-state index in [4.69, 9.17) is 9.26 Å². The summed E-state index contributed by atoms with van der Waals surface area (Å²) in [7, 11) is -2.24. The predicted molar refractivity (Wildman–Crippen MR) is 118 cm³/mol. The summed E-state index contributed by atoms with van der Waals surface area (Å²) in [5.74, 6) is 0.848. The Hall–Kier alpha value is -3.49. The maximum absolute atomic E-state index is 13.3. The van der Waals surface area contributed by atoms with Gasteiger partial charge in [-0.3, -0.25) is 0 Å². The highest BCUT2D eigenvalue weighted by molar-refractivity contribution is 7.89. The second-order valence-electron chi connectivity index (χ2n) is 7.12. The first-order valence-electron chi connectivity index (χ1n) is 9.85. The summed E-state index contributed by atoms with van der Waals surface area (Å²) in [6, 6.07) is 22.9.